The predicted octanol–water partition coefficient (Wildman–Crippen LogP) is 3.91. The van der Waals surface area contributed by atoms with Crippen LogP contribution < -0.4 is 23.8 Å². The summed E-state index contributed by atoms with van der Waals surface area (Å²) in [6, 6.07) is 11.9. The van der Waals surface area contributed by atoms with Crippen LogP contribution in [0.2, 0.25) is 0 Å². The van der Waals surface area contributed by atoms with Gasteiger partial charge in [0.1, 0.15) is 5.75 Å². The lowest BCUT2D eigenvalue weighted by atomic mass is 10.1. The van der Waals surface area contributed by atoms with E-state index in [2.05, 4.69) is 5.32 Å². The van der Waals surface area contributed by atoms with E-state index in [0.717, 1.165) is 11.8 Å². The van der Waals surface area contributed by atoms with E-state index in [9.17, 15) is 13.2 Å². The summed E-state index contributed by atoms with van der Waals surface area (Å²) in [6.07, 6.45) is 0.911. The quantitative estimate of drug-likeness (QED) is 0.497. The molecule has 182 valence electrons. The number of rotatable bonds is 12. The Morgan fingerprint density at radius 1 is 1.00 bits per heavy atom. The minimum absolute atomic E-state index is 0.242. The molecule has 2 aromatic carbocycles. The number of nitrogens with zero attached hydrogens (tertiary/aromatic N) is 1. The van der Waals surface area contributed by atoms with Crippen LogP contribution in [0.25, 0.3) is 0 Å². The second-order valence-electron chi connectivity index (χ2n) is 7.54. The van der Waals surface area contributed by atoms with Crippen molar-refractivity contribution in [1.29, 1.82) is 0 Å². The number of nitrogens with one attached hydrogen (secondary N) is 1. The van der Waals surface area contributed by atoms with Gasteiger partial charge in [0.25, 0.3) is 5.91 Å². The summed E-state index contributed by atoms with van der Waals surface area (Å²) in [7, 11) is -1.87. The lowest BCUT2D eigenvalue weighted by Gasteiger charge is -2.22. The van der Waals surface area contributed by atoms with Crippen molar-refractivity contribution in [3.63, 3.8) is 0 Å². The Hall–Kier alpha value is -2.94. The Bertz CT molecular complexity index is 1020. The van der Waals surface area contributed by atoms with E-state index in [-0.39, 0.29) is 11.9 Å². The van der Waals surface area contributed by atoms with Gasteiger partial charge in [0.05, 0.1) is 31.2 Å². The van der Waals surface area contributed by atoms with Crippen LogP contribution in [-0.2, 0) is 14.8 Å². The van der Waals surface area contributed by atoms with Crippen LogP contribution in [-0.4, -0.2) is 46.9 Å². The number of carbonyl (C=O) groups is 1. The second kappa shape index (κ2) is 11.8. The van der Waals surface area contributed by atoms with E-state index in [1.807, 2.05) is 45.9 Å². The van der Waals surface area contributed by atoms with Gasteiger partial charge in [0, 0.05) is 7.05 Å². The maximum absolute atomic E-state index is 12.9. The number of amides is 1. The van der Waals surface area contributed by atoms with E-state index >= 15 is 0 Å². The molecule has 0 aromatic heterocycles. The average molecular weight is 479 g/mol. The molecule has 0 aliphatic heterocycles. The summed E-state index contributed by atoms with van der Waals surface area (Å²) >= 11 is 0. The molecule has 0 radical (unpaired) electrons. The molecule has 0 saturated heterocycles. The average Bonchev–Trinajstić information content (AvgIpc) is 2.78. The Balaban J connectivity index is 2.07. The molecule has 9 heteroatoms. The molecule has 1 amide bonds. The SMILES string of the molecule is CCOc1ccc([C@H](C)NC(=O)[C@H](CC)Oc2ccc(N(C)S(C)(=O)=O)cc2)cc1OCC. The van der Waals surface area contributed by atoms with Crippen molar-refractivity contribution in [2.75, 3.05) is 30.8 Å². The maximum Gasteiger partial charge on any atom is 0.261 e. The van der Waals surface area contributed by atoms with Gasteiger partial charge in [0.2, 0.25) is 10.0 Å². The normalized spacial score (nSPS) is 13.0. The molecule has 0 aliphatic carbocycles. The molecule has 0 aliphatic rings. The highest BCUT2D eigenvalue weighted by molar-refractivity contribution is 7.92. The third-order valence-electron chi connectivity index (χ3n) is 5.07. The van der Waals surface area contributed by atoms with E-state index < -0.39 is 16.1 Å². The number of sulfonamides is 1. The van der Waals surface area contributed by atoms with Gasteiger partial charge in [-0.3, -0.25) is 9.10 Å². The first-order valence-corrected chi connectivity index (χ1v) is 12.9. The molecule has 0 bridgehead atoms. The number of anilines is 1. The van der Waals surface area contributed by atoms with E-state index in [1.54, 1.807) is 24.3 Å². The lowest BCUT2D eigenvalue weighted by Crippen LogP contribution is -2.39. The molecule has 1 N–H and O–H groups in total. The van der Waals surface area contributed by atoms with E-state index in [4.69, 9.17) is 14.2 Å². The largest absolute Gasteiger partial charge is 0.490 e. The topological polar surface area (TPSA) is 94.2 Å². The van der Waals surface area contributed by atoms with Crippen LogP contribution in [0.1, 0.15) is 45.7 Å². The summed E-state index contributed by atoms with van der Waals surface area (Å²) in [5.74, 6) is 1.55. The van der Waals surface area contributed by atoms with Crippen molar-refractivity contribution in [2.24, 2.45) is 0 Å². The van der Waals surface area contributed by atoms with Gasteiger partial charge in [-0.15, -0.1) is 0 Å². The highest BCUT2D eigenvalue weighted by atomic mass is 32.2. The lowest BCUT2D eigenvalue weighted by molar-refractivity contribution is -0.128. The van der Waals surface area contributed by atoms with Crippen molar-refractivity contribution in [2.45, 2.75) is 46.3 Å². The Morgan fingerprint density at radius 3 is 2.15 bits per heavy atom. The fourth-order valence-corrected chi connectivity index (χ4v) is 3.64. The summed E-state index contributed by atoms with van der Waals surface area (Å²) < 4.78 is 41.7. The van der Waals surface area contributed by atoms with Crippen LogP contribution in [0.15, 0.2) is 42.5 Å². The number of hydrogen-bond donors (Lipinski definition) is 1. The van der Waals surface area contributed by atoms with E-state index in [1.165, 1.54) is 11.4 Å². The highest BCUT2D eigenvalue weighted by Crippen LogP contribution is 2.31. The first-order chi connectivity index (χ1) is 15.6. The summed E-state index contributed by atoms with van der Waals surface area (Å²) in [6.45, 7) is 8.62. The van der Waals surface area contributed by atoms with E-state index in [0.29, 0.717) is 42.6 Å². The molecule has 0 fully saturated rings. The first-order valence-electron chi connectivity index (χ1n) is 11.0. The smallest absolute Gasteiger partial charge is 0.261 e. The molecule has 2 rings (SSSR count). The van der Waals surface area contributed by atoms with Crippen molar-refractivity contribution in [3.8, 4) is 17.2 Å². The van der Waals surface area contributed by atoms with Gasteiger partial charge < -0.3 is 19.5 Å². The zero-order chi connectivity index (χ0) is 24.6. The zero-order valence-corrected chi connectivity index (χ0v) is 20.9. The van der Waals surface area contributed by atoms with Gasteiger partial charge in [-0.05, 0) is 69.2 Å². The van der Waals surface area contributed by atoms with Crippen molar-refractivity contribution < 1.29 is 27.4 Å². The summed E-state index contributed by atoms with van der Waals surface area (Å²) in [5, 5.41) is 2.99. The third kappa shape index (κ3) is 7.28. The maximum atomic E-state index is 12.9. The molecular weight excluding hydrogens is 444 g/mol. The fourth-order valence-electron chi connectivity index (χ4n) is 3.14. The standard InChI is InChI=1S/C24H34N2O6S/c1-7-21(32-20-13-11-19(12-14-20)26(5)33(6,28)29)24(27)25-17(4)18-10-15-22(30-8-2)23(16-18)31-9-3/h10-17,21H,7-9H2,1-6H3,(H,25,27)/t17-,21-/m0/s1. The third-order valence-corrected chi connectivity index (χ3v) is 6.27. The molecule has 2 aromatic rings. The number of benzene rings is 2. The minimum atomic E-state index is -3.35. The van der Waals surface area contributed by atoms with Gasteiger partial charge in [-0.1, -0.05) is 13.0 Å². The molecule has 0 heterocycles. The molecule has 2 atom stereocenters. The van der Waals surface area contributed by atoms with Crippen LogP contribution in [0.5, 0.6) is 17.2 Å². The van der Waals surface area contributed by atoms with Crippen LogP contribution in [0.3, 0.4) is 0 Å². The number of ether oxygens (including phenoxy) is 3. The van der Waals surface area contributed by atoms with Crippen molar-refractivity contribution in [3.05, 3.63) is 48.0 Å². The Kier molecular flexibility index (Phi) is 9.40. The monoisotopic (exact) mass is 478 g/mol. The molecular formula is C24H34N2O6S. The number of carbonyl (C=O) groups excluding carboxylic acids is 1. The molecule has 0 saturated carbocycles. The minimum Gasteiger partial charge on any atom is -0.490 e. The number of hydrogen-bond acceptors (Lipinski definition) is 6. The molecule has 0 unspecified atom stereocenters. The van der Waals surface area contributed by atoms with Crippen LogP contribution >= 0.6 is 0 Å². The first kappa shape index (κ1) is 26.3. The molecule has 8 nitrogen and oxygen atoms in total. The molecule has 33 heavy (non-hydrogen) atoms. The van der Waals surface area contributed by atoms with Gasteiger partial charge in [-0.2, -0.15) is 0 Å². The second-order valence-corrected chi connectivity index (χ2v) is 9.56. The van der Waals surface area contributed by atoms with Crippen LogP contribution in [0, 0.1) is 0 Å². The Morgan fingerprint density at radius 2 is 1.61 bits per heavy atom. The Labute approximate surface area is 196 Å². The highest BCUT2D eigenvalue weighted by Gasteiger charge is 2.22. The zero-order valence-electron chi connectivity index (χ0n) is 20.1. The van der Waals surface area contributed by atoms with Crippen molar-refractivity contribution >= 4 is 21.6 Å². The predicted molar refractivity (Wildman–Crippen MR) is 130 cm³/mol. The fraction of sp³-hybridized carbons (Fsp3) is 0.458. The summed E-state index contributed by atoms with van der Waals surface area (Å²) in [5.41, 5.74) is 1.40. The van der Waals surface area contributed by atoms with Gasteiger partial charge >= 0.3 is 0 Å². The van der Waals surface area contributed by atoms with Crippen molar-refractivity contribution in [1.82, 2.24) is 5.32 Å². The summed E-state index contributed by atoms with van der Waals surface area (Å²) in [4.78, 5) is 12.9. The van der Waals surface area contributed by atoms with Gasteiger partial charge in [0.15, 0.2) is 17.6 Å². The van der Waals surface area contributed by atoms with Crippen LogP contribution in [0.4, 0.5) is 5.69 Å². The van der Waals surface area contributed by atoms with Gasteiger partial charge in [-0.25, -0.2) is 8.42 Å². The molecule has 0 spiro atoms.